The number of carbonyl (C=O) groups is 1. The Bertz CT molecular complexity index is 690. The lowest BCUT2D eigenvalue weighted by molar-refractivity contribution is -0.0750. The lowest BCUT2D eigenvalue weighted by Crippen LogP contribution is -2.27. The molecule has 3 N–H and O–H groups in total. The van der Waals surface area contributed by atoms with Gasteiger partial charge in [-0.25, -0.2) is 4.79 Å². The third-order valence-electron chi connectivity index (χ3n) is 3.84. The third kappa shape index (κ3) is 3.73. The normalized spacial score (nSPS) is 17.8. The Morgan fingerprint density at radius 3 is 2.70 bits per heavy atom. The van der Waals surface area contributed by atoms with E-state index in [1.807, 2.05) is 18.2 Å². The van der Waals surface area contributed by atoms with Crippen molar-refractivity contribution in [1.82, 2.24) is 5.06 Å². The van der Waals surface area contributed by atoms with Gasteiger partial charge < -0.3 is 15.1 Å². The zero-order valence-electron chi connectivity index (χ0n) is 12.5. The van der Waals surface area contributed by atoms with Crippen LogP contribution in [-0.2, 0) is 4.84 Å². The van der Waals surface area contributed by atoms with Gasteiger partial charge in [-0.1, -0.05) is 24.3 Å². The summed E-state index contributed by atoms with van der Waals surface area (Å²) in [5.74, 6) is 0.144. The summed E-state index contributed by atoms with van der Waals surface area (Å²) in [6.07, 6.45) is 0.225. The van der Waals surface area contributed by atoms with Gasteiger partial charge in [-0.2, -0.15) is 0 Å². The summed E-state index contributed by atoms with van der Waals surface area (Å²) >= 11 is 0. The maximum atomic E-state index is 11.9. The Balaban J connectivity index is 1.56. The molecule has 1 unspecified atom stereocenters. The predicted molar refractivity (Wildman–Crippen MR) is 85.2 cm³/mol. The van der Waals surface area contributed by atoms with Gasteiger partial charge >= 0.3 is 6.09 Å². The Morgan fingerprint density at radius 1 is 1.17 bits per heavy atom. The first-order valence-corrected chi connectivity index (χ1v) is 7.42. The van der Waals surface area contributed by atoms with Crippen LogP contribution in [0.25, 0.3) is 0 Å². The van der Waals surface area contributed by atoms with Crippen molar-refractivity contribution < 1.29 is 19.8 Å². The van der Waals surface area contributed by atoms with Crippen LogP contribution in [0.4, 0.5) is 10.5 Å². The van der Waals surface area contributed by atoms with E-state index in [0.717, 1.165) is 12.0 Å². The number of phenols is 2. The van der Waals surface area contributed by atoms with E-state index in [1.165, 1.54) is 6.07 Å². The molecule has 1 heterocycles. The summed E-state index contributed by atoms with van der Waals surface area (Å²) in [5.41, 5.74) is 1.42. The van der Waals surface area contributed by atoms with E-state index in [-0.39, 0.29) is 17.4 Å². The number of carbonyl (C=O) groups excluding carboxylic acids is 1. The van der Waals surface area contributed by atoms with Gasteiger partial charge in [0.25, 0.3) is 0 Å². The first-order valence-electron chi connectivity index (χ1n) is 7.42. The van der Waals surface area contributed by atoms with Crippen LogP contribution in [0.3, 0.4) is 0 Å². The summed E-state index contributed by atoms with van der Waals surface area (Å²) in [6.45, 7) is 1.09. The molecular formula is C17H18N2O4. The summed E-state index contributed by atoms with van der Waals surface area (Å²) in [5, 5.41) is 23.5. The van der Waals surface area contributed by atoms with Crippen molar-refractivity contribution in [2.75, 3.05) is 18.4 Å². The molecule has 0 spiro atoms. The fourth-order valence-electron chi connectivity index (χ4n) is 2.72. The van der Waals surface area contributed by atoms with Gasteiger partial charge in [-0.15, -0.1) is 5.06 Å². The molecule has 0 bridgehead atoms. The fraction of sp³-hybridized carbons (Fsp3) is 0.235. The van der Waals surface area contributed by atoms with Crippen molar-refractivity contribution >= 4 is 11.8 Å². The largest absolute Gasteiger partial charge is 0.508 e. The van der Waals surface area contributed by atoms with Crippen molar-refractivity contribution in [2.24, 2.45) is 0 Å². The first kappa shape index (κ1) is 15.2. The van der Waals surface area contributed by atoms with Gasteiger partial charge in [0.15, 0.2) is 0 Å². The Hall–Kier alpha value is -2.73. The van der Waals surface area contributed by atoms with Crippen LogP contribution in [0.5, 0.6) is 11.5 Å². The number of rotatable bonds is 3. The van der Waals surface area contributed by atoms with Crippen molar-refractivity contribution in [3.8, 4) is 11.5 Å². The molecule has 0 aliphatic carbocycles. The molecule has 1 aliphatic heterocycles. The molecule has 0 aromatic heterocycles. The number of phenolic OH excluding ortho intramolecular Hbond substituents is 2. The summed E-state index contributed by atoms with van der Waals surface area (Å²) in [4.78, 5) is 17.1. The Kier molecular flexibility index (Phi) is 4.34. The highest BCUT2D eigenvalue weighted by Crippen LogP contribution is 2.34. The van der Waals surface area contributed by atoms with Gasteiger partial charge in [-0.05, 0) is 30.2 Å². The molecule has 2 aromatic carbocycles. The van der Waals surface area contributed by atoms with E-state index in [2.05, 4.69) is 5.32 Å². The van der Waals surface area contributed by atoms with Crippen LogP contribution in [-0.4, -0.2) is 34.5 Å². The van der Waals surface area contributed by atoms with E-state index in [0.29, 0.717) is 18.8 Å². The van der Waals surface area contributed by atoms with Gasteiger partial charge in [0.05, 0.1) is 0 Å². The minimum absolute atomic E-state index is 0.0274. The fourth-order valence-corrected chi connectivity index (χ4v) is 2.72. The molecule has 23 heavy (non-hydrogen) atoms. The molecule has 6 heteroatoms. The van der Waals surface area contributed by atoms with Crippen molar-refractivity contribution in [2.45, 2.75) is 12.3 Å². The van der Waals surface area contributed by atoms with Crippen LogP contribution in [0.1, 0.15) is 17.9 Å². The summed E-state index contributed by atoms with van der Waals surface area (Å²) in [6, 6.07) is 13.6. The Labute approximate surface area is 133 Å². The van der Waals surface area contributed by atoms with E-state index >= 15 is 0 Å². The molecule has 0 saturated carbocycles. The number of amides is 1. The monoisotopic (exact) mass is 314 g/mol. The predicted octanol–water partition coefficient (Wildman–Crippen LogP) is 3.05. The molecule has 0 radical (unpaired) electrons. The molecule has 1 amide bonds. The number of hydroxylamine groups is 2. The van der Waals surface area contributed by atoms with Crippen LogP contribution in [0.15, 0.2) is 48.5 Å². The molecule has 3 rings (SSSR count). The number of aromatic hydroxyl groups is 2. The van der Waals surface area contributed by atoms with Crippen LogP contribution in [0, 0.1) is 0 Å². The average molecular weight is 314 g/mol. The number of nitrogens with zero attached hydrogens (tertiary/aromatic N) is 1. The molecule has 1 aliphatic rings. The molecule has 1 atom stereocenters. The second-order valence-electron chi connectivity index (χ2n) is 5.49. The number of hydrogen-bond donors (Lipinski definition) is 3. The molecule has 2 aromatic rings. The van der Waals surface area contributed by atoms with Crippen LogP contribution < -0.4 is 5.32 Å². The second-order valence-corrected chi connectivity index (χ2v) is 5.49. The maximum absolute atomic E-state index is 11.9. The zero-order valence-corrected chi connectivity index (χ0v) is 12.5. The topological polar surface area (TPSA) is 82.0 Å². The average Bonchev–Trinajstić information content (AvgIpc) is 2.96. The highest BCUT2D eigenvalue weighted by molar-refractivity contribution is 5.84. The number of anilines is 1. The number of benzene rings is 2. The maximum Gasteiger partial charge on any atom is 0.430 e. The SMILES string of the molecule is O=C(Nc1ccccc1)ON1CCC(c2ccc(O)cc2O)C1. The zero-order chi connectivity index (χ0) is 16.2. The summed E-state index contributed by atoms with van der Waals surface area (Å²) < 4.78 is 0. The lowest BCUT2D eigenvalue weighted by atomic mass is 9.97. The van der Waals surface area contributed by atoms with Gasteiger partial charge in [0.1, 0.15) is 11.5 Å². The third-order valence-corrected chi connectivity index (χ3v) is 3.84. The standard InChI is InChI=1S/C17H18N2O4/c20-14-6-7-15(16(21)10-14)12-8-9-19(11-12)23-17(22)18-13-4-2-1-3-5-13/h1-7,10,12,20-21H,8-9,11H2,(H,18,22). The van der Waals surface area contributed by atoms with Crippen LogP contribution >= 0.6 is 0 Å². The summed E-state index contributed by atoms with van der Waals surface area (Å²) in [7, 11) is 0. The molecule has 1 saturated heterocycles. The van der Waals surface area contributed by atoms with E-state index in [9.17, 15) is 15.0 Å². The minimum atomic E-state index is -0.535. The number of hydrogen-bond acceptors (Lipinski definition) is 5. The van der Waals surface area contributed by atoms with E-state index in [4.69, 9.17) is 4.84 Å². The first-order chi connectivity index (χ1) is 11.1. The molecule has 1 fully saturated rings. The number of nitrogens with one attached hydrogen (secondary N) is 1. The van der Waals surface area contributed by atoms with E-state index < -0.39 is 6.09 Å². The lowest BCUT2D eigenvalue weighted by Gasteiger charge is -2.16. The quantitative estimate of drug-likeness (QED) is 0.811. The smallest absolute Gasteiger partial charge is 0.430 e. The second kappa shape index (κ2) is 6.58. The number of para-hydroxylation sites is 1. The molecular weight excluding hydrogens is 296 g/mol. The highest BCUT2D eigenvalue weighted by atomic mass is 16.7. The van der Waals surface area contributed by atoms with Gasteiger partial charge in [0.2, 0.25) is 0 Å². The van der Waals surface area contributed by atoms with E-state index in [1.54, 1.807) is 29.3 Å². The minimum Gasteiger partial charge on any atom is -0.508 e. The van der Waals surface area contributed by atoms with Crippen molar-refractivity contribution in [3.05, 3.63) is 54.1 Å². The van der Waals surface area contributed by atoms with Crippen molar-refractivity contribution in [3.63, 3.8) is 0 Å². The molecule has 6 nitrogen and oxygen atoms in total. The highest BCUT2D eigenvalue weighted by Gasteiger charge is 2.28. The van der Waals surface area contributed by atoms with Crippen LogP contribution in [0.2, 0.25) is 0 Å². The van der Waals surface area contributed by atoms with Crippen molar-refractivity contribution in [1.29, 1.82) is 0 Å². The Morgan fingerprint density at radius 2 is 1.96 bits per heavy atom. The van der Waals surface area contributed by atoms with Gasteiger partial charge in [0, 0.05) is 30.8 Å². The molecule has 120 valence electrons. The van der Waals surface area contributed by atoms with Gasteiger partial charge in [-0.3, -0.25) is 5.32 Å².